The molecule has 17 heavy (non-hydrogen) atoms. The van der Waals surface area contributed by atoms with Gasteiger partial charge in [0, 0.05) is 12.7 Å². The third-order valence-electron chi connectivity index (χ3n) is 2.50. The van der Waals surface area contributed by atoms with Gasteiger partial charge in [-0.25, -0.2) is 0 Å². The molecule has 0 aliphatic heterocycles. The van der Waals surface area contributed by atoms with Crippen LogP contribution in [0.25, 0.3) is 0 Å². The zero-order valence-electron chi connectivity index (χ0n) is 9.64. The maximum Gasteiger partial charge on any atom is 0.170 e. The van der Waals surface area contributed by atoms with Gasteiger partial charge in [0.15, 0.2) is 5.82 Å². The Morgan fingerprint density at radius 2 is 2.18 bits per heavy atom. The minimum atomic E-state index is 0.320. The van der Waals surface area contributed by atoms with Crippen molar-refractivity contribution in [2.24, 2.45) is 7.05 Å². The summed E-state index contributed by atoms with van der Waals surface area (Å²) in [6.07, 6.45) is 0. The van der Waals surface area contributed by atoms with E-state index in [4.69, 9.17) is 22.1 Å². The van der Waals surface area contributed by atoms with Crippen LogP contribution < -0.4 is 10.5 Å². The monoisotopic (exact) mass is 252 g/mol. The number of ether oxygens (including phenoxy) is 1. The van der Waals surface area contributed by atoms with Gasteiger partial charge >= 0.3 is 0 Å². The Morgan fingerprint density at radius 1 is 1.41 bits per heavy atom. The Hall–Kier alpha value is -1.75. The molecular weight excluding hydrogens is 240 g/mol. The van der Waals surface area contributed by atoms with Gasteiger partial charge in [0.05, 0.1) is 5.02 Å². The van der Waals surface area contributed by atoms with Crippen LogP contribution in [0.15, 0.2) is 18.2 Å². The van der Waals surface area contributed by atoms with Gasteiger partial charge in [-0.2, -0.15) is 0 Å². The van der Waals surface area contributed by atoms with Crippen LogP contribution in [0.5, 0.6) is 5.75 Å². The zero-order valence-corrected chi connectivity index (χ0v) is 10.4. The van der Waals surface area contributed by atoms with E-state index < -0.39 is 0 Å². The molecule has 0 radical (unpaired) electrons. The second kappa shape index (κ2) is 4.63. The molecule has 0 unspecified atom stereocenters. The molecule has 0 aliphatic rings. The lowest BCUT2D eigenvalue weighted by Crippen LogP contribution is -2.04. The van der Waals surface area contributed by atoms with Gasteiger partial charge in [-0.15, -0.1) is 10.2 Å². The number of hydrogen-bond acceptors (Lipinski definition) is 4. The lowest BCUT2D eigenvalue weighted by Gasteiger charge is -2.08. The highest BCUT2D eigenvalue weighted by Crippen LogP contribution is 2.26. The predicted molar refractivity (Wildman–Crippen MR) is 65.9 cm³/mol. The van der Waals surface area contributed by atoms with Crippen molar-refractivity contribution in [3.63, 3.8) is 0 Å². The van der Waals surface area contributed by atoms with Gasteiger partial charge in [-0.05, 0) is 25.1 Å². The lowest BCUT2D eigenvalue weighted by molar-refractivity contribution is 0.291. The molecule has 1 heterocycles. The van der Waals surface area contributed by atoms with Gasteiger partial charge in [-0.3, -0.25) is 0 Å². The number of benzene rings is 1. The van der Waals surface area contributed by atoms with Crippen LogP contribution in [0.2, 0.25) is 5.02 Å². The third-order valence-corrected chi connectivity index (χ3v) is 2.79. The molecule has 0 saturated carbocycles. The van der Waals surface area contributed by atoms with E-state index in [1.54, 1.807) is 18.2 Å². The van der Waals surface area contributed by atoms with E-state index in [1.165, 1.54) is 0 Å². The number of aryl methyl sites for hydroxylation is 1. The van der Waals surface area contributed by atoms with Crippen molar-refractivity contribution >= 4 is 17.3 Å². The van der Waals surface area contributed by atoms with Crippen LogP contribution in [0.1, 0.15) is 11.6 Å². The Morgan fingerprint density at radius 3 is 2.76 bits per heavy atom. The summed E-state index contributed by atoms with van der Waals surface area (Å²) >= 11 is 5.99. The maximum atomic E-state index is 5.99. The molecule has 1 aromatic heterocycles. The first-order valence-corrected chi connectivity index (χ1v) is 5.48. The van der Waals surface area contributed by atoms with Gasteiger partial charge in [-0.1, -0.05) is 11.6 Å². The molecular formula is C11H13ClN4O. The molecule has 2 rings (SSSR count). The number of nitrogens with zero attached hydrogens (tertiary/aromatic N) is 3. The Balaban J connectivity index is 2.10. The number of hydrogen-bond donors (Lipinski definition) is 1. The van der Waals surface area contributed by atoms with Crippen LogP contribution in [-0.2, 0) is 13.7 Å². The summed E-state index contributed by atoms with van der Waals surface area (Å²) in [4.78, 5) is 0. The highest BCUT2D eigenvalue weighted by atomic mass is 35.5. The van der Waals surface area contributed by atoms with E-state index >= 15 is 0 Å². The molecule has 0 bridgehead atoms. The van der Waals surface area contributed by atoms with Crippen LogP contribution in [-0.4, -0.2) is 14.8 Å². The lowest BCUT2D eigenvalue weighted by atomic mass is 10.3. The topological polar surface area (TPSA) is 66.0 Å². The van der Waals surface area contributed by atoms with Crippen LogP contribution in [0, 0.1) is 6.92 Å². The molecule has 0 spiro atoms. The average Bonchev–Trinajstić information content (AvgIpc) is 2.59. The molecule has 2 N–H and O–H groups in total. The first-order valence-electron chi connectivity index (χ1n) is 5.10. The van der Waals surface area contributed by atoms with Crippen LogP contribution >= 0.6 is 11.6 Å². The normalized spacial score (nSPS) is 10.5. The number of aromatic nitrogens is 3. The predicted octanol–water partition coefficient (Wildman–Crippen LogP) is 1.94. The Kier molecular flexibility index (Phi) is 3.19. The zero-order chi connectivity index (χ0) is 12.4. The summed E-state index contributed by atoms with van der Waals surface area (Å²) < 4.78 is 7.43. The molecule has 90 valence electrons. The number of rotatable bonds is 3. The minimum absolute atomic E-state index is 0.320. The summed E-state index contributed by atoms with van der Waals surface area (Å²) in [5.74, 6) is 2.17. The van der Waals surface area contributed by atoms with Gasteiger partial charge in [0.25, 0.3) is 0 Å². The smallest absolute Gasteiger partial charge is 0.170 e. The summed E-state index contributed by atoms with van der Waals surface area (Å²) in [5, 5.41) is 8.43. The maximum absolute atomic E-state index is 5.99. The second-order valence-corrected chi connectivity index (χ2v) is 4.11. The van der Waals surface area contributed by atoms with Crippen molar-refractivity contribution in [2.45, 2.75) is 13.5 Å². The number of anilines is 1. The van der Waals surface area contributed by atoms with Crippen molar-refractivity contribution in [2.75, 3.05) is 5.73 Å². The van der Waals surface area contributed by atoms with Crippen LogP contribution in [0.3, 0.4) is 0 Å². The van der Waals surface area contributed by atoms with Gasteiger partial charge in [0.1, 0.15) is 18.2 Å². The van der Waals surface area contributed by atoms with Gasteiger partial charge < -0.3 is 15.0 Å². The van der Waals surface area contributed by atoms with Crippen molar-refractivity contribution in [3.8, 4) is 5.75 Å². The third kappa shape index (κ3) is 2.50. The molecule has 1 aromatic carbocycles. The minimum Gasteiger partial charge on any atom is -0.484 e. The summed E-state index contributed by atoms with van der Waals surface area (Å²) in [7, 11) is 1.89. The summed E-state index contributed by atoms with van der Waals surface area (Å²) in [6, 6.07) is 5.13. The highest BCUT2D eigenvalue weighted by Gasteiger charge is 2.07. The van der Waals surface area contributed by atoms with E-state index in [-0.39, 0.29) is 0 Å². The fourth-order valence-electron chi connectivity index (χ4n) is 1.35. The van der Waals surface area contributed by atoms with E-state index in [0.29, 0.717) is 23.1 Å². The Bertz CT molecular complexity index is 538. The van der Waals surface area contributed by atoms with Crippen molar-refractivity contribution in [1.29, 1.82) is 0 Å². The molecule has 0 atom stereocenters. The second-order valence-electron chi connectivity index (χ2n) is 3.70. The number of halogens is 1. The molecule has 0 fully saturated rings. The van der Waals surface area contributed by atoms with E-state index in [1.807, 2.05) is 18.5 Å². The van der Waals surface area contributed by atoms with Crippen LogP contribution in [0.4, 0.5) is 5.69 Å². The standard InChI is InChI=1S/C11H13ClN4O/c1-7-14-15-11(16(7)2)6-17-10-4-3-8(13)5-9(10)12/h3-5H,6,13H2,1-2H3. The Labute approximate surface area is 104 Å². The van der Waals surface area contributed by atoms with E-state index in [2.05, 4.69) is 10.2 Å². The van der Waals surface area contributed by atoms with E-state index in [0.717, 1.165) is 11.6 Å². The largest absolute Gasteiger partial charge is 0.484 e. The SMILES string of the molecule is Cc1nnc(COc2ccc(N)cc2Cl)n1C. The quantitative estimate of drug-likeness (QED) is 0.848. The molecule has 0 saturated heterocycles. The average molecular weight is 253 g/mol. The first kappa shape index (κ1) is 11.7. The highest BCUT2D eigenvalue weighted by molar-refractivity contribution is 6.32. The molecule has 0 amide bonds. The molecule has 2 aromatic rings. The number of nitrogens with two attached hydrogens (primary N) is 1. The summed E-state index contributed by atoms with van der Waals surface area (Å²) in [6.45, 7) is 2.20. The van der Waals surface area contributed by atoms with Gasteiger partial charge in [0.2, 0.25) is 0 Å². The first-order chi connectivity index (χ1) is 8.08. The number of nitrogen functional groups attached to an aromatic ring is 1. The van der Waals surface area contributed by atoms with Crippen molar-refractivity contribution in [1.82, 2.24) is 14.8 Å². The van der Waals surface area contributed by atoms with Crippen molar-refractivity contribution < 1.29 is 4.74 Å². The fourth-order valence-corrected chi connectivity index (χ4v) is 1.60. The molecule has 5 nitrogen and oxygen atoms in total. The fraction of sp³-hybridized carbons (Fsp3) is 0.273. The van der Waals surface area contributed by atoms with E-state index in [9.17, 15) is 0 Å². The van der Waals surface area contributed by atoms with Crippen molar-refractivity contribution in [3.05, 3.63) is 34.9 Å². The molecule has 0 aliphatic carbocycles. The molecule has 6 heteroatoms. The summed E-state index contributed by atoms with van der Waals surface area (Å²) in [5.41, 5.74) is 6.20.